The van der Waals surface area contributed by atoms with Crippen molar-refractivity contribution < 1.29 is 28.2 Å². The highest BCUT2D eigenvalue weighted by Gasteiger charge is 2.70. The molecule has 5 amide bonds. The lowest BCUT2D eigenvalue weighted by atomic mass is 9.83. The van der Waals surface area contributed by atoms with Crippen LogP contribution in [0.25, 0.3) is 0 Å². The minimum absolute atomic E-state index is 0.0679. The van der Waals surface area contributed by atoms with E-state index in [0.29, 0.717) is 24.4 Å². The Hall–Kier alpha value is -3.61. The standard InChI is InChI=1S/C35H50N6O6S/c1-33(2,3)28(39-32(46)40-35(15-8-6-9-16-35)20-48(47)24-14-7-10-17-37-24)31(45)41-19-22-25(34(22,4)5)26(41)30(44)38-23(27(42)29(36)43)18-21-12-11-13-21/h7,10,12,14,17,22-23,25-26,28H,6,8-9,11,13,15-16,18-20H2,1-5H3,(H2,36,43)(H,38,44)(H2,39,40,46)/t22?,23?,25?,26?,28-,48?/m1/s1. The molecule has 5 unspecified atom stereocenters. The molecule has 13 heteroatoms. The van der Waals surface area contributed by atoms with E-state index in [2.05, 4.69) is 34.8 Å². The average Bonchev–Trinajstić information content (AvgIpc) is 3.32. The van der Waals surface area contributed by atoms with E-state index in [1.165, 1.54) is 4.90 Å². The molecule has 0 bridgehead atoms. The summed E-state index contributed by atoms with van der Waals surface area (Å²) in [6, 6.07) is 1.75. The van der Waals surface area contributed by atoms with Crippen LogP contribution in [0.3, 0.4) is 0 Å². The lowest BCUT2D eigenvalue weighted by Gasteiger charge is -2.40. The van der Waals surface area contributed by atoms with Gasteiger partial charge in [0.25, 0.3) is 5.91 Å². The molecule has 262 valence electrons. The van der Waals surface area contributed by atoms with Crippen molar-refractivity contribution in [1.82, 2.24) is 25.8 Å². The van der Waals surface area contributed by atoms with Crippen LogP contribution >= 0.6 is 0 Å². The Morgan fingerprint density at radius 2 is 1.77 bits per heavy atom. The Bertz CT molecular complexity index is 1500. The molecule has 0 aromatic carbocycles. The largest absolute Gasteiger partial charge is 0.363 e. The smallest absolute Gasteiger partial charge is 0.315 e. The molecule has 4 aliphatic rings. The van der Waals surface area contributed by atoms with Crippen molar-refractivity contribution in [2.24, 2.45) is 28.4 Å². The summed E-state index contributed by atoms with van der Waals surface area (Å²) < 4.78 is 13.3. The Kier molecular flexibility index (Phi) is 10.2. The summed E-state index contributed by atoms with van der Waals surface area (Å²) in [5, 5.41) is 9.28. The van der Waals surface area contributed by atoms with Gasteiger partial charge in [0.05, 0.1) is 22.1 Å². The summed E-state index contributed by atoms with van der Waals surface area (Å²) >= 11 is 0. The van der Waals surface area contributed by atoms with Gasteiger partial charge in [-0.25, -0.2) is 9.78 Å². The lowest BCUT2D eigenvalue weighted by molar-refractivity contribution is -0.145. The first-order chi connectivity index (χ1) is 22.5. The number of rotatable bonds is 12. The second-order valence-electron chi connectivity index (χ2n) is 15.7. The number of nitrogens with zero attached hydrogens (tertiary/aromatic N) is 2. The molecular weight excluding hydrogens is 632 g/mol. The van der Waals surface area contributed by atoms with E-state index in [1.54, 1.807) is 24.4 Å². The molecule has 3 aliphatic carbocycles. The molecule has 0 radical (unpaired) electrons. The topological polar surface area (TPSA) is 181 Å². The first-order valence-corrected chi connectivity index (χ1v) is 18.4. The number of urea groups is 1. The molecule has 48 heavy (non-hydrogen) atoms. The van der Waals surface area contributed by atoms with Crippen LogP contribution in [-0.4, -0.2) is 79.6 Å². The molecule has 5 N–H and O–H groups in total. The van der Waals surface area contributed by atoms with Gasteiger partial charge >= 0.3 is 6.03 Å². The van der Waals surface area contributed by atoms with Gasteiger partial charge in [-0.15, -0.1) is 0 Å². The zero-order chi connectivity index (χ0) is 35.0. The van der Waals surface area contributed by atoms with Crippen molar-refractivity contribution in [3.8, 4) is 0 Å². The molecule has 1 aromatic rings. The van der Waals surface area contributed by atoms with Gasteiger partial charge in [-0.2, -0.15) is 0 Å². The zero-order valence-electron chi connectivity index (χ0n) is 28.7. The SMILES string of the molecule is CC1(C)C2CN(C(=O)[C@@H](NC(=O)NC3(CS(=O)c4ccccn4)CCCCC3)C(C)(C)C)C(C(=O)NC(CC3=CCC3)C(=O)C(N)=O)C21. The fourth-order valence-electron chi connectivity index (χ4n) is 7.81. The third-order valence-electron chi connectivity index (χ3n) is 10.9. The maximum atomic E-state index is 14.4. The quantitative estimate of drug-likeness (QED) is 0.193. The van der Waals surface area contributed by atoms with Crippen molar-refractivity contribution in [1.29, 1.82) is 0 Å². The summed E-state index contributed by atoms with van der Waals surface area (Å²) in [6.07, 6.45) is 9.51. The number of nitrogens with two attached hydrogens (primary N) is 1. The number of hydrogen-bond acceptors (Lipinski definition) is 7. The van der Waals surface area contributed by atoms with E-state index < -0.39 is 69.4 Å². The highest BCUT2D eigenvalue weighted by atomic mass is 32.2. The summed E-state index contributed by atoms with van der Waals surface area (Å²) in [5.74, 6) is -2.75. The number of amides is 5. The number of allylic oxidation sites excluding steroid dienone is 1. The highest BCUT2D eigenvalue weighted by molar-refractivity contribution is 7.85. The number of pyridine rings is 1. The van der Waals surface area contributed by atoms with Gasteiger partial charge in [0.1, 0.15) is 23.2 Å². The number of carbonyl (C=O) groups excluding carboxylic acids is 5. The predicted molar refractivity (Wildman–Crippen MR) is 181 cm³/mol. The number of fused-ring (bicyclic) bond motifs is 1. The molecule has 2 heterocycles. The van der Waals surface area contributed by atoms with Gasteiger partial charge in [-0.05, 0) is 66.9 Å². The van der Waals surface area contributed by atoms with Gasteiger partial charge < -0.3 is 26.6 Å². The number of nitrogens with one attached hydrogen (secondary N) is 3. The van der Waals surface area contributed by atoms with E-state index in [0.717, 1.165) is 37.7 Å². The van der Waals surface area contributed by atoms with E-state index in [1.807, 2.05) is 26.8 Å². The van der Waals surface area contributed by atoms with Gasteiger partial charge in [-0.1, -0.05) is 71.6 Å². The summed E-state index contributed by atoms with van der Waals surface area (Å²) in [7, 11) is -1.44. The minimum Gasteiger partial charge on any atom is -0.363 e. The fraction of sp³-hybridized carbons (Fsp3) is 0.657. The molecule has 3 fully saturated rings. The summed E-state index contributed by atoms with van der Waals surface area (Å²) in [4.78, 5) is 72.5. The maximum absolute atomic E-state index is 14.4. The van der Waals surface area contributed by atoms with E-state index >= 15 is 0 Å². The predicted octanol–water partition coefficient (Wildman–Crippen LogP) is 2.74. The molecule has 5 rings (SSSR count). The Morgan fingerprint density at radius 3 is 2.33 bits per heavy atom. The van der Waals surface area contributed by atoms with Gasteiger partial charge in [-0.3, -0.25) is 23.4 Å². The summed E-state index contributed by atoms with van der Waals surface area (Å²) in [5.41, 5.74) is 4.65. The molecule has 2 saturated carbocycles. The molecule has 1 aliphatic heterocycles. The lowest BCUT2D eigenvalue weighted by Crippen LogP contribution is -2.63. The van der Waals surface area contributed by atoms with E-state index in [9.17, 15) is 28.2 Å². The zero-order valence-corrected chi connectivity index (χ0v) is 29.5. The number of primary amides is 1. The molecule has 6 atom stereocenters. The number of ketones is 1. The number of Topliss-reactive ketones (excluding diaryl/α,β-unsaturated/α-hetero) is 1. The molecule has 12 nitrogen and oxygen atoms in total. The van der Waals surface area contributed by atoms with E-state index in [-0.39, 0.29) is 29.4 Å². The Morgan fingerprint density at radius 1 is 1.08 bits per heavy atom. The number of hydrogen-bond donors (Lipinski definition) is 4. The minimum atomic E-state index is -1.44. The second kappa shape index (κ2) is 13.7. The van der Waals surface area contributed by atoms with Crippen LogP contribution in [0.5, 0.6) is 0 Å². The van der Waals surface area contributed by atoms with Crippen molar-refractivity contribution in [3.63, 3.8) is 0 Å². The maximum Gasteiger partial charge on any atom is 0.315 e. The van der Waals surface area contributed by atoms with Gasteiger partial charge in [0.15, 0.2) is 0 Å². The highest BCUT2D eigenvalue weighted by Crippen LogP contribution is 2.65. The Labute approximate surface area is 285 Å². The summed E-state index contributed by atoms with van der Waals surface area (Å²) in [6.45, 7) is 10.0. The van der Waals surface area contributed by atoms with Crippen LogP contribution in [0, 0.1) is 22.7 Å². The molecule has 1 aromatic heterocycles. The van der Waals surface area contributed by atoms with Crippen LogP contribution in [0.1, 0.15) is 86.0 Å². The normalized spacial score (nSPS) is 25.6. The number of carbonyl (C=O) groups is 5. The van der Waals surface area contributed by atoms with Crippen LogP contribution in [-0.2, 0) is 30.0 Å². The van der Waals surface area contributed by atoms with Crippen LogP contribution < -0.4 is 21.7 Å². The third kappa shape index (κ3) is 7.50. The average molecular weight is 683 g/mol. The first kappa shape index (κ1) is 35.7. The fourth-order valence-corrected chi connectivity index (χ4v) is 9.23. The van der Waals surface area contributed by atoms with Gasteiger partial charge in [0.2, 0.25) is 17.6 Å². The first-order valence-electron chi connectivity index (χ1n) is 17.0. The van der Waals surface area contributed by atoms with Crippen LogP contribution in [0.15, 0.2) is 41.1 Å². The second-order valence-corrected chi connectivity index (χ2v) is 17.1. The number of aromatic nitrogens is 1. The van der Waals surface area contributed by atoms with Crippen molar-refractivity contribution in [3.05, 3.63) is 36.0 Å². The third-order valence-corrected chi connectivity index (χ3v) is 12.4. The Balaban J connectivity index is 1.33. The number of piperidine rings is 1. The van der Waals surface area contributed by atoms with E-state index in [4.69, 9.17) is 5.73 Å². The molecule has 1 saturated heterocycles. The molecular formula is C35H50N6O6S. The van der Waals surface area contributed by atoms with Crippen molar-refractivity contribution in [2.75, 3.05) is 12.3 Å². The van der Waals surface area contributed by atoms with Gasteiger partial charge in [0, 0.05) is 12.7 Å². The van der Waals surface area contributed by atoms with Crippen LogP contribution in [0.4, 0.5) is 4.79 Å². The molecule has 0 spiro atoms. The monoisotopic (exact) mass is 682 g/mol. The van der Waals surface area contributed by atoms with Crippen molar-refractivity contribution >= 4 is 40.3 Å². The van der Waals surface area contributed by atoms with Crippen molar-refractivity contribution in [2.45, 2.75) is 115 Å². The van der Waals surface area contributed by atoms with Crippen LogP contribution in [0.2, 0.25) is 0 Å². The number of likely N-dealkylation sites (tertiary alicyclic amines) is 1.